The average molecular weight is 335 g/mol. The molecule has 25 heavy (non-hydrogen) atoms. The lowest BCUT2D eigenvalue weighted by Gasteiger charge is -2.34. The quantitative estimate of drug-likeness (QED) is 0.855. The Bertz CT molecular complexity index is 822. The molecule has 2 aromatic rings. The van der Waals surface area contributed by atoms with E-state index in [-0.39, 0.29) is 5.91 Å². The van der Waals surface area contributed by atoms with Gasteiger partial charge in [0.15, 0.2) is 0 Å². The van der Waals surface area contributed by atoms with Gasteiger partial charge in [0.2, 0.25) is 6.41 Å². The molecule has 1 aliphatic heterocycles. The van der Waals surface area contributed by atoms with Gasteiger partial charge in [-0.25, -0.2) is 0 Å². The summed E-state index contributed by atoms with van der Waals surface area (Å²) in [6.07, 6.45) is 2.46. The van der Waals surface area contributed by atoms with E-state index in [1.165, 1.54) is 0 Å². The largest absolute Gasteiger partial charge is 0.368 e. The van der Waals surface area contributed by atoms with Crippen LogP contribution in [0.5, 0.6) is 0 Å². The maximum Gasteiger partial charge on any atom is 0.274 e. The highest BCUT2D eigenvalue weighted by molar-refractivity contribution is 6.03. The first-order chi connectivity index (χ1) is 12.2. The third-order valence-corrected chi connectivity index (χ3v) is 4.05. The number of hydrogen-bond acceptors (Lipinski definition) is 5. The number of rotatable bonds is 4. The van der Waals surface area contributed by atoms with E-state index in [2.05, 4.69) is 15.2 Å². The second-order valence-corrected chi connectivity index (χ2v) is 5.67. The zero-order chi connectivity index (χ0) is 17.6. The number of amides is 2. The summed E-state index contributed by atoms with van der Waals surface area (Å²) in [5.74, 6) is -0.330. The summed E-state index contributed by atoms with van der Waals surface area (Å²) in [5.41, 5.74) is 2.23. The Balaban J connectivity index is 1.71. The molecule has 7 heteroatoms. The van der Waals surface area contributed by atoms with E-state index >= 15 is 0 Å². The Labute approximate surface area is 145 Å². The first-order valence-electron chi connectivity index (χ1n) is 7.91. The van der Waals surface area contributed by atoms with Crippen molar-refractivity contribution in [2.45, 2.75) is 0 Å². The van der Waals surface area contributed by atoms with E-state index in [4.69, 9.17) is 5.26 Å². The summed E-state index contributed by atoms with van der Waals surface area (Å²) >= 11 is 0. The summed E-state index contributed by atoms with van der Waals surface area (Å²) in [6.45, 7) is 2.75. The minimum atomic E-state index is -0.330. The second kappa shape index (κ2) is 7.45. The van der Waals surface area contributed by atoms with Gasteiger partial charge in [-0.1, -0.05) is 6.07 Å². The number of benzene rings is 1. The third kappa shape index (κ3) is 3.93. The van der Waals surface area contributed by atoms with Crippen molar-refractivity contribution in [3.8, 4) is 6.07 Å². The van der Waals surface area contributed by atoms with Gasteiger partial charge in [0, 0.05) is 43.8 Å². The van der Waals surface area contributed by atoms with Crippen LogP contribution in [0, 0.1) is 11.3 Å². The highest BCUT2D eigenvalue weighted by Crippen LogP contribution is 2.18. The number of piperazine rings is 1. The van der Waals surface area contributed by atoms with Gasteiger partial charge >= 0.3 is 0 Å². The number of nitrogens with one attached hydrogen (secondary N) is 1. The first kappa shape index (κ1) is 16.5. The van der Waals surface area contributed by atoms with E-state index < -0.39 is 0 Å². The van der Waals surface area contributed by atoms with E-state index in [1.54, 1.807) is 41.4 Å². The Morgan fingerprint density at radius 2 is 2.00 bits per heavy atom. The van der Waals surface area contributed by atoms with Crippen molar-refractivity contribution in [3.05, 3.63) is 53.9 Å². The van der Waals surface area contributed by atoms with Gasteiger partial charge in [-0.05, 0) is 30.3 Å². The number of pyridine rings is 1. The molecular weight excluding hydrogens is 318 g/mol. The highest BCUT2D eigenvalue weighted by Gasteiger charge is 2.17. The number of nitrogens with zero attached hydrogens (tertiary/aromatic N) is 4. The molecule has 0 aliphatic carbocycles. The Morgan fingerprint density at radius 1 is 1.20 bits per heavy atom. The Kier molecular flexibility index (Phi) is 4.90. The summed E-state index contributed by atoms with van der Waals surface area (Å²) in [6, 6.07) is 12.3. The Hall–Kier alpha value is -3.40. The van der Waals surface area contributed by atoms with Crippen molar-refractivity contribution in [1.82, 2.24) is 9.88 Å². The smallest absolute Gasteiger partial charge is 0.274 e. The van der Waals surface area contributed by atoms with Crippen molar-refractivity contribution in [1.29, 1.82) is 5.26 Å². The predicted octanol–water partition coefficient (Wildman–Crippen LogP) is 1.48. The minimum absolute atomic E-state index is 0.303. The van der Waals surface area contributed by atoms with Crippen molar-refractivity contribution in [2.24, 2.45) is 0 Å². The molecule has 1 aromatic carbocycles. The molecule has 7 nitrogen and oxygen atoms in total. The van der Waals surface area contributed by atoms with Crippen LogP contribution in [0.3, 0.4) is 0 Å². The first-order valence-corrected chi connectivity index (χ1v) is 7.91. The van der Waals surface area contributed by atoms with Crippen LogP contribution >= 0.6 is 0 Å². The molecule has 0 spiro atoms. The predicted molar refractivity (Wildman–Crippen MR) is 93.2 cm³/mol. The van der Waals surface area contributed by atoms with E-state index in [9.17, 15) is 9.59 Å². The van der Waals surface area contributed by atoms with Crippen molar-refractivity contribution >= 4 is 23.7 Å². The number of aromatic nitrogens is 1. The van der Waals surface area contributed by atoms with Gasteiger partial charge < -0.3 is 15.1 Å². The molecule has 1 saturated heterocycles. The maximum atomic E-state index is 12.4. The number of carbonyl (C=O) groups excluding carboxylic acids is 2. The molecule has 0 radical (unpaired) electrons. The third-order valence-electron chi connectivity index (χ3n) is 4.05. The molecule has 2 heterocycles. The summed E-state index contributed by atoms with van der Waals surface area (Å²) < 4.78 is 0. The minimum Gasteiger partial charge on any atom is -0.368 e. The van der Waals surface area contributed by atoms with Crippen LogP contribution in [0.25, 0.3) is 0 Å². The lowest BCUT2D eigenvalue weighted by Crippen LogP contribution is -2.45. The van der Waals surface area contributed by atoms with Gasteiger partial charge in [0.25, 0.3) is 5.91 Å². The fraction of sp³-hybridized carbons (Fsp3) is 0.222. The molecule has 126 valence electrons. The average Bonchev–Trinajstić information content (AvgIpc) is 2.68. The molecule has 1 aromatic heterocycles. The van der Waals surface area contributed by atoms with Crippen LogP contribution in [0.2, 0.25) is 0 Å². The summed E-state index contributed by atoms with van der Waals surface area (Å²) in [4.78, 5) is 31.2. The molecular formula is C18H17N5O2. The van der Waals surface area contributed by atoms with Crippen LogP contribution in [0.4, 0.5) is 11.4 Å². The molecule has 0 atom stereocenters. The number of anilines is 2. The van der Waals surface area contributed by atoms with Crippen LogP contribution < -0.4 is 10.2 Å². The zero-order valence-corrected chi connectivity index (χ0v) is 13.6. The molecule has 3 rings (SSSR count). The Morgan fingerprint density at radius 3 is 2.72 bits per heavy atom. The van der Waals surface area contributed by atoms with Crippen LogP contribution in [-0.4, -0.2) is 48.4 Å². The molecule has 1 aliphatic rings. The van der Waals surface area contributed by atoms with Crippen molar-refractivity contribution < 1.29 is 9.59 Å². The topological polar surface area (TPSA) is 89.3 Å². The number of hydrogen-bond donors (Lipinski definition) is 1. The number of nitriles is 1. The lowest BCUT2D eigenvalue weighted by atomic mass is 10.2. The van der Waals surface area contributed by atoms with Crippen LogP contribution in [0.1, 0.15) is 16.1 Å². The molecule has 1 N–H and O–H groups in total. The molecule has 0 saturated carbocycles. The fourth-order valence-corrected chi connectivity index (χ4v) is 2.69. The summed E-state index contributed by atoms with van der Waals surface area (Å²) in [5, 5.41) is 11.7. The van der Waals surface area contributed by atoms with Gasteiger partial charge in [-0.15, -0.1) is 0 Å². The van der Waals surface area contributed by atoms with Gasteiger partial charge in [0.05, 0.1) is 11.6 Å². The summed E-state index contributed by atoms with van der Waals surface area (Å²) in [7, 11) is 0. The SMILES string of the molecule is N#Cc1cccc(NC(=O)c2cc(N3CCN(C=O)CC3)ccn2)c1. The molecule has 0 bridgehead atoms. The van der Waals surface area contributed by atoms with Crippen LogP contribution in [-0.2, 0) is 4.79 Å². The van der Waals surface area contributed by atoms with Gasteiger partial charge in [-0.2, -0.15) is 5.26 Å². The highest BCUT2D eigenvalue weighted by atomic mass is 16.2. The van der Waals surface area contributed by atoms with Gasteiger partial charge in [0.1, 0.15) is 5.69 Å². The fourth-order valence-electron chi connectivity index (χ4n) is 2.69. The van der Waals surface area contributed by atoms with E-state index in [0.29, 0.717) is 43.1 Å². The zero-order valence-electron chi connectivity index (χ0n) is 13.6. The monoisotopic (exact) mass is 335 g/mol. The molecule has 0 unspecified atom stereocenters. The molecule has 2 amide bonds. The van der Waals surface area contributed by atoms with Crippen LogP contribution in [0.15, 0.2) is 42.6 Å². The number of carbonyl (C=O) groups is 2. The molecule has 1 fully saturated rings. The lowest BCUT2D eigenvalue weighted by molar-refractivity contribution is -0.118. The van der Waals surface area contributed by atoms with E-state index in [1.807, 2.05) is 12.1 Å². The van der Waals surface area contributed by atoms with Crippen molar-refractivity contribution in [3.63, 3.8) is 0 Å². The van der Waals surface area contributed by atoms with E-state index in [0.717, 1.165) is 12.1 Å². The van der Waals surface area contributed by atoms with Gasteiger partial charge in [-0.3, -0.25) is 14.6 Å². The maximum absolute atomic E-state index is 12.4. The normalized spacial score (nSPS) is 13.9. The van der Waals surface area contributed by atoms with Crippen molar-refractivity contribution in [2.75, 3.05) is 36.4 Å². The standard InChI is InChI=1S/C18H17N5O2/c19-12-14-2-1-3-15(10-14)21-18(25)17-11-16(4-5-20-17)23-8-6-22(13-24)7-9-23/h1-5,10-11,13H,6-9H2,(H,21,25). The second-order valence-electron chi connectivity index (χ2n) is 5.67.